The van der Waals surface area contributed by atoms with Crippen LogP contribution in [0, 0.1) is 0 Å². The van der Waals surface area contributed by atoms with Crippen molar-refractivity contribution in [1.82, 2.24) is 4.98 Å². The average Bonchev–Trinajstić information content (AvgIpc) is 2.15. The third-order valence-corrected chi connectivity index (χ3v) is 2.86. The predicted molar refractivity (Wildman–Crippen MR) is 64.6 cm³/mol. The number of aliphatic hydroxyl groups excluding tert-OH is 1. The van der Waals surface area contributed by atoms with Crippen molar-refractivity contribution in [3.05, 3.63) is 21.2 Å². The van der Waals surface area contributed by atoms with Crippen molar-refractivity contribution in [2.45, 2.75) is 6.92 Å². The fourth-order valence-corrected chi connectivity index (χ4v) is 2.41. The van der Waals surface area contributed by atoms with Gasteiger partial charge in [-0.05, 0) is 44.8 Å². The standard InChI is InChI=1S/C9H12Br2N2O/c1-2-13(3-4-14)9-8(11)5-7(10)6-12-9/h5-6,14H,2-4H2,1H3. The lowest BCUT2D eigenvalue weighted by Gasteiger charge is -2.21. The first kappa shape index (κ1) is 11.9. The molecule has 3 nitrogen and oxygen atoms in total. The molecular weight excluding hydrogens is 312 g/mol. The Morgan fingerprint density at radius 1 is 1.50 bits per heavy atom. The van der Waals surface area contributed by atoms with Gasteiger partial charge in [0, 0.05) is 23.8 Å². The van der Waals surface area contributed by atoms with Crippen molar-refractivity contribution in [1.29, 1.82) is 0 Å². The van der Waals surface area contributed by atoms with Crippen LogP contribution in [0.5, 0.6) is 0 Å². The summed E-state index contributed by atoms with van der Waals surface area (Å²) in [4.78, 5) is 6.30. The highest BCUT2D eigenvalue weighted by Crippen LogP contribution is 2.26. The van der Waals surface area contributed by atoms with Gasteiger partial charge in [0.15, 0.2) is 0 Å². The van der Waals surface area contributed by atoms with E-state index in [1.54, 1.807) is 6.20 Å². The fourth-order valence-electron chi connectivity index (χ4n) is 1.17. The van der Waals surface area contributed by atoms with Crippen LogP contribution in [-0.4, -0.2) is 29.8 Å². The number of aromatic nitrogens is 1. The van der Waals surface area contributed by atoms with Crippen molar-refractivity contribution in [3.63, 3.8) is 0 Å². The smallest absolute Gasteiger partial charge is 0.143 e. The van der Waals surface area contributed by atoms with E-state index in [4.69, 9.17) is 5.11 Å². The van der Waals surface area contributed by atoms with Crippen LogP contribution in [0.25, 0.3) is 0 Å². The molecule has 0 atom stereocenters. The SMILES string of the molecule is CCN(CCO)c1ncc(Br)cc1Br. The van der Waals surface area contributed by atoms with Crippen molar-refractivity contribution in [2.24, 2.45) is 0 Å². The van der Waals surface area contributed by atoms with Gasteiger partial charge in [0.25, 0.3) is 0 Å². The highest BCUT2D eigenvalue weighted by Gasteiger charge is 2.09. The first-order valence-corrected chi connectivity index (χ1v) is 5.94. The summed E-state index contributed by atoms with van der Waals surface area (Å²) in [6.07, 6.45) is 1.75. The first-order chi connectivity index (χ1) is 6.69. The van der Waals surface area contributed by atoms with Gasteiger partial charge in [-0.1, -0.05) is 0 Å². The van der Waals surface area contributed by atoms with Crippen LogP contribution in [-0.2, 0) is 0 Å². The second kappa shape index (κ2) is 5.68. The van der Waals surface area contributed by atoms with E-state index in [2.05, 4.69) is 36.8 Å². The molecule has 0 fully saturated rings. The largest absolute Gasteiger partial charge is 0.395 e. The number of aliphatic hydroxyl groups is 1. The molecule has 1 aromatic rings. The Labute approximate surface area is 100 Å². The molecule has 0 aromatic carbocycles. The van der Waals surface area contributed by atoms with Gasteiger partial charge in [-0.3, -0.25) is 0 Å². The summed E-state index contributed by atoms with van der Waals surface area (Å²) in [5.41, 5.74) is 0. The van der Waals surface area contributed by atoms with Gasteiger partial charge in [0.1, 0.15) is 5.82 Å². The lowest BCUT2D eigenvalue weighted by atomic mass is 10.4. The number of nitrogens with zero attached hydrogens (tertiary/aromatic N) is 2. The van der Waals surface area contributed by atoms with Crippen molar-refractivity contribution in [2.75, 3.05) is 24.6 Å². The molecule has 0 aliphatic heterocycles. The Hall–Kier alpha value is -0.130. The Morgan fingerprint density at radius 3 is 2.71 bits per heavy atom. The molecule has 0 saturated carbocycles. The first-order valence-electron chi connectivity index (χ1n) is 4.36. The summed E-state index contributed by atoms with van der Waals surface area (Å²) in [6.45, 7) is 3.60. The van der Waals surface area contributed by atoms with Gasteiger partial charge in [-0.2, -0.15) is 0 Å². The summed E-state index contributed by atoms with van der Waals surface area (Å²) >= 11 is 6.79. The van der Waals surface area contributed by atoms with Gasteiger partial charge in [0.2, 0.25) is 0 Å². The Balaban J connectivity index is 2.92. The zero-order valence-corrected chi connectivity index (χ0v) is 11.0. The predicted octanol–water partition coefficient (Wildman–Crippen LogP) is 2.43. The molecule has 0 spiro atoms. The number of halogens is 2. The molecule has 14 heavy (non-hydrogen) atoms. The van der Waals surface area contributed by atoms with Gasteiger partial charge in [-0.25, -0.2) is 4.98 Å². The van der Waals surface area contributed by atoms with Crippen molar-refractivity contribution < 1.29 is 5.11 Å². The highest BCUT2D eigenvalue weighted by molar-refractivity contribution is 9.11. The molecule has 0 aliphatic carbocycles. The summed E-state index contributed by atoms with van der Waals surface area (Å²) < 4.78 is 1.87. The van der Waals surface area contributed by atoms with E-state index in [0.717, 1.165) is 21.3 Å². The molecule has 1 rings (SSSR count). The van der Waals surface area contributed by atoms with Gasteiger partial charge in [-0.15, -0.1) is 0 Å². The lowest BCUT2D eigenvalue weighted by Crippen LogP contribution is -2.27. The number of pyridine rings is 1. The minimum absolute atomic E-state index is 0.137. The second-order valence-corrected chi connectivity index (χ2v) is 4.53. The minimum atomic E-state index is 0.137. The molecule has 1 N–H and O–H groups in total. The third kappa shape index (κ3) is 2.93. The third-order valence-electron chi connectivity index (χ3n) is 1.84. The molecule has 1 heterocycles. The van der Waals surface area contributed by atoms with Crippen molar-refractivity contribution in [3.8, 4) is 0 Å². The van der Waals surface area contributed by atoms with Crippen LogP contribution in [0.2, 0.25) is 0 Å². The Morgan fingerprint density at radius 2 is 2.21 bits per heavy atom. The maximum absolute atomic E-state index is 8.88. The molecule has 0 aliphatic rings. The minimum Gasteiger partial charge on any atom is -0.395 e. The van der Waals surface area contributed by atoms with E-state index in [9.17, 15) is 0 Å². The van der Waals surface area contributed by atoms with Crippen LogP contribution in [0.3, 0.4) is 0 Å². The second-order valence-electron chi connectivity index (χ2n) is 2.76. The molecule has 0 unspecified atom stereocenters. The van der Waals surface area contributed by atoms with Crippen LogP contribution >= 0.6 is 31.9 Å². The van der Waals surface area contributed by atoms with E-state index in [0.29, 0.717) is 6.54 Å². The van der Waals surface area contributed by atoms with Gasteiger partial charge >= 0.3 is 0 Å². The molecule has 0 saturated heterocycles. The Bertz CT molecular complexity index is 307. The highest BCUT2D eigenvalue weighted by atomic mass is 79.9. The summed E-state index contributed by atoms with van der Waals surface area (Å²) in [5, 5.41) is 8.88. The average molecular weight is 324 g/mol. The van der Waals surface area contributed by atoms with Crippen LogP contribution < -0.4 is 4.90 Å². The van der Waals surface area contributed by atoms with Crippen LogP contribution in [0.1, 0.15) is 6.92 Å². The van der Waals surface area contributed by atoms with E-state index in [-0.39, 0.29) is 6.61 Å². The van der Waals surface area contributed by atoms with E-state index in [1.807, 2.05) is 17.9 Å². The van der Waals surface area contributed by atoms with Gasteiger partial charge in [0.05, 0.1) is 11.1 Å². The monoisotopic (exact) mass is 322 g/mol. The maximum atomic E-state index is 8.88. The zero-order chi connectivity index (χ0) is 10.6. The molecule has 5 heteroatoms. The van der Waals surface area contributed by atoms with E-state index in [1.165, 1.54) is 0 Å². The normalized spacial score (nSPS) is 10.3. The number of rotatable bonds is 4. The van der Waals surface area contributed by atoms with Crippen molar-refractivity contribution >= 4 is 37.7 Å². The number of hydrogen-bond acceptors (Lipinski definition) is 3. The quantitative estimate of drug-likeness (QED) is 0.924. The van der Waals surface area contributed by atoms with E-state index < -0.39 is 0 Å². The van der Waals surface area contributed by atoms with Gasteiger partial charge < -0.3 is 10.0 Å². The summed E-state index contributed by atoms with van der Waals surface area (Å²) in [5.74, 6) is 0.866. The fraction of sp³-hybridized carbons (Fsp3) is 0.444. The molecule has 0 bridgehead atoms. The summed E-state index contributed by atoms with van der Waals surface area (Å²) in [7, 11) is 0. The van der Waals surface area contributed by atoms with Crippen LogP contribution in [0.15, 0.2) is 21.2 Å². The number of hydrogen-bond donors (Lipinski definition) is 1. The zero-order valence-electron chi connectivity index (χ0n) is 7.87. The van der Waals surface area contributed by atoms with Crippen LogP contribution in [0.4, 0.5) is 5.82 Å². The summed E-state index contributed by atoms with van der Waals surface area (Å²) in [6, 6.07) is 1.95. The molecule has 78 valence electrons. The molecule has 0 amide bonds. The topological polar surface area (TPSA) is 36.4 Å². The number of likely N-dealkylation sites (N-methyl/N-ethyl adjacent to an activating group) is 1. The molecule has 1 aromatic heterocycles. The maximum Gasteiger partial charge on any atom is 0.143 e. The number of anilines is 1. The lowest BCUT2D eigenvalue weighted by molar-refractivity contribution is 0.302. The molecule has 0 radical (unpaired) electrons. The molecular formula is C9H12Br2N2O. The Kier molecular flexibility index (Phi) is 4.84. The van der Waals surface area contributed by atoms with E-state index >= 15 is 0 Å².